The summed E-state index contributed by atoms with van der Waals surface area (Å²) < 4.78 is 5.64. The molecule has 0 bridgehead atoms. The zero-order valence-corrected chi connectivity index (χ0v) is 11.9. The smallest absolute Gasteiger partial charge is 0.0858 e. The summed E-state index contributed by atoms with van der Waals surface area (Å²) in [5, 5.41) is 10.5. The number of hydrogen-bond acceptors (Lipinski definition) is 2. The Morgan fingerprint density at radius 3 is 2.06 bits per heavy atom. The Kier molecular flexibility index (Phi) is 5.97. The molecule has 106 valence electrons. The summed E-state index contributed by atoms with van der Waals surface area (Å²) in [6.45, 7) is 0. The van der Waals surface area contributed by atoms with Crippen molar-refractivity contribution in [1.82, 2.24) is 0 Å². The molecule has 2 nitrogen and oxygen atoms in total. The second kappa shape index (κ2) is 7.49. The van der Waals surface area contributed by atoms with Crippen molar-refractivity contribution < 1.29 is 9.84 Å². The Morgan fingerprint density at radius 1 is 0.944 bits per heavy atom. The fourth-order valence-corrected chi connectivity index (χ4v) is 4.02. The Labute approximate surface area is 112 Å². The van der Waals surface area contributed by atoms with Crippen molar-refractivity contribution in [2.45, 2.75) is 82.8 Å². The molecule has 0 heterocycles. The second-order valence-electron chi connectivity index (χ2n) is 6.41. The number of ether oxygens (including phenoxy) is 1. The molecule has 0 aromatic rings. The first kappa shape index (κ1) is 14.3. The van der Waals surface area contributed by atoms with E-state index in [2.05, 4.69) is 0 Å². The van der Waals surface area contributed by atoms with E-state index in [0.717, 1.165) is 12.3 Å². The SMILES string of the molecule is COC(C(O)CC1CCCCC1)C1CCCCC1. The zero-order valence-electron chi connectivity index (χ0n) is 11.9. The molecule has 2 fully saturated rings. The molecule has 2 rings (SSSR count). The Balaban J connectivity index is 1.81. The van der Waals surface area contributed by atoms with Gasteiger partial charge in [-0.15, -0.1) is 0 Å². The van der Waals surface area contributed by atoms with Crippen LogP contribution in [0, 0.1) is 11.8 Å². The molecule has 2 saturated carbocycles. The van der Waals surface area contributed by atoms with Gasteiger partial charge in [-0.05, 0) is 31.1 Å². The van der Waals surface area contributed by atoms with Gasteiger partial charge < -0.3 is 9.84 Å². The fraction of sp³-hybridized carbons (Fsp3) is 1.00. The molecule has 0 aromatic carbocycles. The standard InChI is InChI=1S/C16H30O2/c1-18-16(14-10-6-3-7-11-14)15(17)12-13-8-4-2-5-9-13/h13-17H,2-12H2,1H3. The van der Waals surface area contributed by atoms with E-state index in [0.29, 0.717) is 5.92 Å². The first-order valence-corrected chi connectivity index (χ1v) is 8.02. The number of hydrogen-bond donors (Lipinski definition) is 1. The molecule has 0 aromatic heterocycles. The van der Waals surface area contributed by atoms with Crippen molar-refractivity contribution in [2.75, 3.05) is 7.11 Å². The lowest BCUT2D eigenvalue weighted by Gasteiger charge is -2.34. The van der Waals surface area contributed by atoms with Crippen LogP contribution in [0.3, 0.4) is 0 Å². The zero-order chi connectivity index (χ0) is 12.8. The number of rotatable bonds is 5. The molecule has 0 amide bonds. The molecule has 2 aliphatic rings. The van der Waals surface area contributed by atoms with Gasteiger partial charge in [-0.2, -0.15) is 0 Å². The van der Waals surface area contributed by atoms with Crippen LogP contribution in [-0.2, 0) is 4.74 Å². The normalized spacial score (nSPS) is 27.0. The van der Waals surface area contributed by atoms with Crippen LogP contribution in [0.1, 0.15) is 70.6 Å². The summed E-state index contributed by atoms with van der Waals surface area (Å²) in [6, 6.07) is 0. The summed E-state index contributed by atoms with van der Waals surface area (Å²) in [4.78, 5) is 0. The second-order valence-corrected chi connectivity index (χ2v) is 6.41. The van der Waals surface area contributed by atoms with Crippen LogP contribution < -0.4 is 0 Å². The van der Waals surface area contributed by atoms with Gasteiger partial charge in [0, 0.05) is 7.11 Å². The summed E-state index contributed by atoms with van der Waals surface area (Å²) in [7, 11) is 1.78. The minimum atomic E-state index is -0.235. The first-order chi connectivity index (χ1) is 8.81. The average molecular weight is 254 g/mol. The largest absolute Gasteiger partial charge is 0.390 e. The summed E-state index contributed by atoms with van der Waals surface area (Å²) >= 11 is 0. The molecule has 18 heavy (non-hydrogen) atoms. The van der Waals surface area contributed by atoms with Crippen molar-refractivity contribution in [3.05, 3.63) is 0 Å². The third-order valence-corrected chi connectivity index (χ3v) is 5.07. The third kappa shape index (κ3) is 3.96. The maximum atomic E-state index is 10.5. The lowest BCUT2D eigenvalue weighted by molar-refractivity contribution is -0.0641. The van der Waals surface area contributed by atoms with Crippen LogP contribution in [0.15, 0.2) is 0 Å². The molecular weight excluding hydrogens is 224 g/mol. The van der Waals surface area contributed by atoms with Crippen LogP contribution in [0.5, 0.6) is 0 Å². The Morgan fingerprint density at radius 2 is 1.50 bits per heavy atom. The van der Waals surface area contributed by atoms with Gasteiger partial charge in [0.05, 0.1) is 12.2 Å². The van der Waals surface area contributed by atoms with Crippen molar-refractivity contribution in [1.29, 1.82) is 0 Å². The molecule has 2 unspecified atom stereocenters. The van der Waals surface area contributed by atoms with E-state index in [1.165, 1.54) is 64.2 Å². The highest BCUT2D eigenvalue weighted by Crippen LogP contribution is 2.33. The molecule has 0 saturated heterocycles. The lowest BCUT2D eigenvalue weighted by Crippen LogP contribution is -2.37. The molecule has 0 radical (unpaired) electrons. The summed E-state index contributed by atoms with van der Waals surface area (Å²) in [5.41, 5.74) is 0. The van der Waals surface area contributed by atoms with E-state index in [9.17, 15) is 5.11 Å². The fourth-order valence-electron chi connectivity index (χ4n) is 4.02. The quantitative estimate of drug-likeness (QED) is 0.806. The van der Waals surface area contributed by atoms with Crippen LogP contribution in [0.2, 0.25) is 0 Å². The maximum Gasteiger partial charge on any atom is 0.0858 e. The number of aliphatic hydroxyl groups excluding tert-OH is 1. The first-order valence-electron chi connectivity index (χ1n) is 8.02. The molecule has 2 heteroatoms. The van der Waals surface area contributed by atoms with Crippen molar-refractivity contribution in [2.24, 2.45) is 11.8 Å². The summed E-state index contributed by atoms with van der Waals surface area (Å²) in [5.74, 6) is 1.34. The molecule has 0 spiro atoms. The minimum Gasteiger partial charge on any atom is -0.390 e. The van der Waals surface area contributed by atoms with Gasteiger partial charge in [0.25, 0.3) is 0 Å². The van der Waals surface area contributed by atoms with Gasteiger partial charge in [-0.3, -0.25) is 0 Å². The van der Waals surface area contributed by atoms with Gasteiger partial charge in [0.2, 0.25) is 0 Å². The van der Waals surface area contributed by atoms with Crippen LogP contribution in [0.25, 0.3) is 0 Å². The topological polar surface area (TPSA) is 29.5 Å². The molecule has 2 aliphatic carbocycles. The van der Waals surface area contributed by atoms with Crippen molar-refractivity contribution in [3.63, 3.8) is 0 Å². The van der Waals surface area contributed by atoms with Crippen LogP contribution in [-0.4, -0.2) is 24.4 Å². The van der Waals surface area contributed by atoms with E-state index in [1.54, 1.807) is 7.11 Å². The van der Waals surface area contributed by atoms with Crippen LogP contribution in [0.4, 0.5) is 0 Å². The lowest BCUT2D eigenvalue weighted by atomic mass is 9.79. The highest BCUT2D eigenvalue weighted by atomic mass is 16.5. The number of aliphatic hydroxyl groups is 1. The molecule has 1 N–H and O–H groups in total. The number of methoxy groups -OCH3 is 1. The monoisotopic (exact) mass is 254 g/mol. The van der Waals surface area contributed by atoms with E-state index in [4.69, 9.17) is 4.74 Å². The van der Waals surface area contributed by atoms with E-state index < -0.39 is 0 Å². The van der Waals surface area contributed by atoms with Gasteiger partial charge in [0.1, 0.15) is 0 Å². The third-order valence-electron chi connectivity index (χ3n) is 5.07. The average Bonchev–Trinajstić information content (AvgIpc) is 2.42. The van der Waals surface area contributed by atoms with Crippen LogP contribution >= 0.6 is 0 Å². The highest BCUT2D eigenvalue weighted by Gasteiger charge is 2.31. The minimum absolute atomic E-state index is 0.0900. The predicted octanol–water partition coefficient (Wildman–Crippen LogP) is 3.91. The Bertz CT molecular complexity index is 217. The van der Waals surface area contributed by atoms with Gasteiger partial charge in [-0.25, -0.2) is 0 Å². The van der Waals surface area contributed by atoms with Crippen molar-refractivity contribution in [3.8, 4) is 0 Å². The Hall–Kier alpha value is -0.0800. The van der Waals surface area contributed by atoms with Gasteiger partial charge >= 0.3 is 0 Å². The molecule has 0 aliphatic heterocycles. The summed E-state index contributed by atoms with van der Waals surface area (Å²) in [6.07, 6.45) is 14.1. The molecular formula is C16H30O2. The molecule has 2 atom stereocenters. The van der Waals surface area contributed by atoms with E-state index >= 15 is 0 Å². The van der Waals surface area contributed by atoms with Gasteiger partial charge in [0.15, 0.2) is 0 Å². The maximum absolute atomic E-state index is 10.5. The predicted molar refractivity (Wildman–Crippen MR) is 74.6 cm³/mol. The van der Waals surface area contributed by atoms with E-state index in [1.807, 2.05) is 0 Å². The highest BCUT2D eigenvalue weighted by molar-refractivity contribution is 4.82. The van der Waals surface area contributed by atoms with Gasteiger partial charge in [-0.1, -0.05) is 51.4 Å². The van der Waals surface area contributed by atoms with E-state index in [-0.39, 0.29) is 12.2 Å². The van der Waals surface area contributed by atoms with Crippen molar-refractivity contribution >= 4 is 0 Å².